The van der Waals surface area contributed by atoms with Crippen molar-refractivity contribution < 1.29 is 27.6 Å². The lowest BCUT2D eigenvalue weighted by Gasteiger charge is -2.16. The van der Waals surface area contributed by atoms with E-state index in [1.165, 1.54) is 48.5 Å². The summed E-state index contributed by atoms with van der Waals surface area (Å²) in [6.45, 7) is 0. The lowest BCUT2D eigenvalue weighted by atomic mass is 10.3. The van der Waals surface area contributed by atoms with E-state index >= 15 is 0 Å². The summed E-state index contributed by atoms with van der Waals surface area (Å²) in [6, 6.07) is 11.2. The van der Waals surface area contributed by atoms with E-state index in [0.717, 1.165) is 9.80 Å². The highest BCUT2D eigenvalue weighted by molar-refractivity contribution is 7.91. The Morgan fingerprint density at radius 3 is 1.28 bits per heavy atom. The molecule has 148 valence electrons. The summed E-state index contributed by atoms with van der Waals surface area (Å²) in [5, 5.41) is 0. The van der Waals surface area contributed by atoms with Crippen molar-refractivity contribution in [2.24, 2.45) is 0 Å². The van der Waals surface area contributed by atoms with Crippen LogP contribution in [0.3, 0.4) is 0 Å². The zero-order chi connectivity index (χ0) is 20.8. The quantitative estimate of drug-likeness (QED) is 0.709. The fourth-order valence-corrected chi connectivity index (χ4v) is 4.78. The first kappa shape index (κ1) is 19.0. The van der Waals surface area contributed by atoms with Gasteiger partial charge in [0.15, 0.2) is 0 Å². The van der Waals surface area contributed by atoms with Crippen molar-refractivity contribution in [2.75, 3.05) is 9.80 Å². The number of imide groups is 2. The van der Waals surface area contributed by atoms with Gasteiger partial charge in [-0.1, -0.05) is 12.1 Å². The summed E-state index contributed by atoms with van der Waals surface area (Å²) in [5.41, 5.74) is 0.388. The van der Waals surface area contributed by atoms with Crippen LogP contribution in [0.15, 0.2) is 58.3 Å². The average Bonchev–Trinajstić information content (AvgIpc) is 3.22. The van der Waals surface area contributed by atoms with Gasteiger partial charge in [0, 0.05) is 25.7 Å². The van der Waals surface area contributed by atoms with Gasteiger partial charge in [-0.15, -0.1) is 0 Å². The number of hydrogen-bond acceptors (Lipinski definition) is 6. The number of carbonyl (C=O) groups excluding carboxylic acids is 4. The predicted molar refractivity (Wildman–Crippen MR) is 102 cm³/mol. The third kappa shape index (κ3) is 3.23. The smallest absolute Gasteiger partial charge is 0.234 e. The number of benzene rings is 2. The zero-order valence-corrected chi connectivity index (χ0v) is 16.0. The first-order valence-electron chi connectivity index (χ1n) is 8.96. The van der Waals surface area contributed by atoms with Crippen LogP contribution in [-0.2, 0) is 29.0 Å². The zero-order valence-electron chi connectivity index (χ0n) is 15.2. The highest BCUT2D eigenvalue weighted by atomic mass is 32.2. The minimum atomic E-state index is -4.01. The van der Waals surface area contributed by atoms with Crippen molar-refractivity contribution >= 4 is 44.8 Å². The molecular formula is C20H16N2O6S. The second-order valence-electron chi connectivity index (χ2n) is 6.74. The van der Waals surface area contributed by atoms with Gasteiger partial charge in [-0.05, 0) is 36.4 Å². The van der Waals surface area contributed by atoms with Crippen molar-refractivity contribution in [3.8, 4) is 0 Å². The van der Waals surface area contributed by atoms with Crippen LogP contribution >= 0.6 is 0 Å². The number of carbonyl (C=O) groups is 4. The number of sulfone groups is 1. The molecule has 2 aromatic carbocycles. The van der Waals surface area contributed by atoms with E-state index in [2.05, 4.69) is 0 Å². The predicted octanol–water partition coefficient (Wildman–Crippen LogP) is 1.83. The van der Waals surface area contributed by atoms with E-state index in [9.17, 15) is 27.6 Å². The van der Waals surface area contributed by atoms with Crippen LogP contribution in [0.2, 0.25) is 0 Å². The molecule has 2 heterocycles. The van der Waals surface area contributed by atoms with Crippen LogP contribution in [-0.4, -0.2) is 32.0 Å². The molecule has 0 saturated carbocycles. The summed E-state index contributed by atoms with van der Waals surface area (Å²) in [7, 11) is -4.01. The Kier molecular flexibility index (Phi) is 4.54. The fourth-order valence-electron chi connectivity index (χ4n) is 3.44. The Hall–Kier alpha value is -3.33. The van der Waals surface area contributed by atoms with Gasteiger partial charge >= 0.3 is 0 Å². The second kappa shape index (κ2) is 6.93. The van der Waals surface area contributed by atoms with E-state index in [1.807, 2.05) is 0 Å². The van der Waals surface area contributed by atoms with E-state index in [4.69, 9.17) is 0 Å². The van der Waals surface area contributed by atoms with Gasteiger partial charge in [0.1, 0.15) is 0 Å². The van der Waals surface area contributed by atoms with Gasteiger partial charge in [-0.2, -0.15) is 0 Å². The maximum absolute atomic E-state index is 13.1. The first-order valence-corrected chi connectivity index (χ1v) is 10.4. The van der Waals surface area contributed by atoms with Gasteiger partial charge in [-0.25, -0.2) is 8.42 Å². The largest absolute Gasteiger partial charge is 0.274 e. The third-order valence-electron chi connectivity index (χ3n) is 4.88. The normalized spacial score (nSPS) is 17.5. The van der Waals surface area contributed by atoms with Crippen molar-refractivity contribution in [2.45, 2.75) is 35.5 Å². The van der Waals surface area contributed by atoms with E-state index < -0.39 is 9.84 Å². The van der Waals surface area contributed by atoms with E-state index in [-0.39, 0.29) is 70.5 Å². The molecule has 9 heteroatoms. The number of nitrogens with zero attached hydrogens (tertiary/aromatic N) is 2. The molecule has 8 nitrogen and oxygen atoms in total. The minimum Gasteiger partial charge on any atom is -0.274 e. The van der Waals surface area contributed by atoms with Gasteiger partial charge < -0.3 is 0 Å². The third-order valence-corrected chi connectivity index (χ3v) is 6.62. The maximum atomic E-state index is 13.1. The molecule has 4 amide bonds. The molecule has 2 saturated heterocycles. The average molecular weight is 412 g/mol. The molecule has 0 bridgehead atoms. The van der Waals surface area contributed by atoms with Crippen LogP contribution in [0.4, 0.5) is 11.4 Å². The topological polar surface area (TPSA) is 109 Å². The van der Waals surface area contributed by atoms with E-state index in [0.29, 0.717) is 0 Å². The van der Waals surface area contributed by atoms with Crippen molar-refractivity contribution in [1.82, 2.24) is 0 Å². The molecule has 0 radical (unpaired) electrons. The molecule has 0 N–H and O–H groups in total. The molecule has 2 aliphatic heterocycles. The Balaban J connectivity index is 1.73. The number of rotatable bonds is 4. The standard InChI is InChI=1S/C20H16N2O6S/c23-17-7-8-18(24)21(17)13-3-1-5-15(11-13)29(27,28)16-6-2-4-14(12-16)22-19(25)9-10-20(22)26/h1-6,11-12H,7-10H2. The molecule has 2 fully saturated rings. The summed E-state index contributed by atoms with van der Waals surface area (Å²) in [6.07, 6.45) is 0.372. The first-order chi connectivity index (χ1) is 13.8. The van der Waals surface area contributed by atoms with Crippen LogP contribution in [0, 0.1) is 0 Å². The van der Waals surface area contributed by atoms with Crippen LogP contribution in [0.5, 0.6) is 0 Å². The van der Waals surface area contributed by atoms with Crippen molar-refractivity contribution in [3.05, 3.63) is 48.5 Å². The Morgan fingerprint density at radius 2 is 0.931 bits per heavy atom. The van der Waals surface area contributed by atoms with Crippen LogP contribution in [0.25, 0.3) is 0 Å². The molecule has 0 aromatic heterocycles. The number of amides is 4. The lowest BCUT2D eigenvalue weighted by molar-refractivity contribution is -0.122. The molecular weight excluding hydrogens is 396 g/mol. The van der Waals surface area contributed by atoms with Gasteiger partial charge in [0.2, 0.25) is 33.5 Å². The highest BCUT2D eigenvalue weighted by Gasteiger charge is 2.32. The molecule has 2 aromatic rings. The summed E-state index contributed by atoms with van der Waals surface area (Å²) in [5.74, 6) is -1.51. The SMILES string of the molecule is O=C1CCC(=O)N1c1cccc(S(=O)(=O)c2cccc(N3C(=O)CCC3=O)c2)c1. The summed E-state index contributed by atoms with van der Waals surface area (Å²) >= 11 is 0. The Morgan fingerprint density at radius 1 is 0.586 bits per heavy atom. The molecule has 2 aliphatic rings. The maximum Gasteiger partial charge on any atom is 0.234 e. The van der Waals surface area contributed by atoms with E-state index in [1.54, 1.807) is 0 Å². The van der Waals surface area contributed by atoms with Gasteiger partial charge in [0.05, 0.1) is 21.2 Å². The second-order valence-corrected chi connectivity index (χ2v) is 8.69. The molecule has 0 atom stereocenters. The number of anilines is 2. The lowest BCUT2D eigenvalue weighted by Crippen LogP contribution is -2.29. The van der Waals surface area contributed by atoms with Crippen LogP contribution in [0.1, 0.15) is 25.7 Å². The minimum absolute atomic E-state index is 0.0930. The fraction of sp³-hybridized carbons (Fsp3) is 0.200. The van der Waals surface area contributed by atoms with Gasteiger partial charge in [-0.3, -0.25) is 29.0 Å². The molecule has 29 heavy (non-hydrogen) atoms. The van der Waals surface area contributed by atoms with Crippen molar-refractivity contribution in [1.29, 1.82) is 0 Å². The number of hydrogen-bond donors (Lipinski definition) is 0. The summed E-state index contributed by atoms with van der Waals surface area (Å²) in [4.78, 5) is 49.6. The van der Waals surface area contributed by atoms with Crippen molar-refractivity contribution in [3.63, 3.8) is 0 Å². The van der Waals surface area contributed by atoms with Crippen LogP contribution < -0.4 is 9.80 Å². The molecule has 4 rings (SSSR count). The highest BCUT2D eigenvalue weighted by Crippen LogP contribution is 2.30. The molecule has 0 aliphatic carbocycles. The Bertz CT molecular complexity index is 1050. The summed E-state index contributed by atoms with van der Waals surface area (Å²) < 4.78 is 26.2. The van der Waals surface area contributed by atoms with Gasteiger partial charge in [0.25, 0.3) is 0 Å². The Labute approximate surface area is 166 Å². The monoisotopic (exact) mass is 412 g/mol. The molecule has 0 unspecified atom stereocenters. The molecule has 0 spiro atoms.